The molecular formula is C28H34N2O2S. The quantitative estimate of drug-likeness (QED) is 0.341. The van der Waals surface area contributed by atoms with Gasteiger partial charge in [0, 0.05) is 38.8 Å². The minimum atomic E-state index is -0.504. The highest BCUT2D eigenvalue weighted by atomic mass is 32.1. The molecule has 2 aromatic heterocycles. The van der Waals surface area contributed by atoms with Crippen LogP contribution in [0.15, 0.2) is 48.5 Å². The standard InChI is InChI=1S/C28H34N2O2S/c1-4-20-7-5-10-27-23(20)15-28(33-27)21-11-12-30(19(3)14-21)16-22(31)17-32-26-9-6-8-25-24(26)13-18(2)29-25/h5-10,13,15,19,21-22,29,31H,4,11-12,14,16-17H2,1-3H3/t19-,21+,22+/m1/s1. The number of aliphatic hydroxyl groups excluding tert-OH is 1. The van der Waals surface area contributed by atoms with Gasteiger partial charge in [-0.2, -0.15) is 0 Å². The van der Waals surface area contributed by atoms with Crippen LogP contribution >= 0.6 is 11.3 Å². The summed E-state index contributed by atoms with van der Waals surface area (Å²) in [5, 5.41) is 13.2. The van der Waals surface area contributed by atoms with Crippen LogP contribution in [-0.4, -0.2) is 46.8 Å². The Morgan fingerprint density at radius 1 is 1.18 bits per heavy atom. The highest BCUT2D eigenvalue weighted by Crippen LogP contribution is 2.39. The van der Waals surface area contributed by atoms with Gasteiger partial charge in [0.2, 0.25) is 0 Å². The van der Waals surface area contributed by atoms with Crippen LogP contribution in [-0.2, 0) is 6.42 Å². The maximum absolute atomic E-state index is 10.7. The Hall–Kier alpha value is -2.34. The van der Waals surface area contributed by atoms with Crippen molar-refractivity contribution < 1.29 is 9.84 Å². The van der Waals surface area contributed by atoms with Gasteiger partial charge in [0.05, 0.1) is 0 Å². The summed E-state index contributed by atoms with van der Waals surface area (Å²) in [5.41, 5.74) is 3.64. The summed E-state index contributed by atoms with van der Waals surface area (Å²) in [6.07, 6.45) is 2.87. The van der Waals surface area contributed by atoms with E-state index in [-0.39, 0.29) is 0 Å². The molecule has 33 heavy (non-hydrogen) atoms. The molecule has 4 aromatic rings. The summed E-state index contributed by atoms with van der Waals surface area (Å²) in [5.74, 6) is 1.44. The monoisotopic (exact) mass is 462 g/mol. The number of piperidine rings is 1. The number of hydrogen-bond acceptors (Lipinski definition) is 4. The molecule has 0 unspecified atom stereocenters. The molecular weight excluding hydrogens is 428 g/mol. The van der Waals surface area contributed by atoms with Gasteiger partial charge >= 0.3 is 0 Å². The highest BCUT2D eigenvalue weighted by molar-refractivity contribution is 7.19. The first-order valence-corrected chi connectivity index (χ1v) is 13.0. The molecule has 5 rings (SSSR count). The third kappa shape index (κ3) is 4.68. The van der Waals surface area contributed by atoms with Crippen LogP contribution in [0.5, 0.6) is 5.75 Å². The molecule has 2 aromatic carbocycles. The lowest BCUT2D eigenvalue weighted by Gasteiger charge is -2.38. The van der Waals surface area contributed by atoms with E-state index in [1.54, 1.807) is 0 Å². The van der Waals surface area contributed by atoms with E-state index in [2.05, 4.69) is 60.1 Å². The molecule has 1 aliphatic heterocycles. The number of nitrogens with zero attached hydrogens (tertiary/aromatic N) is 1. The first-order chi connectivity index (χ1) is 16.0. The van der Waals surface area contributed by atoms with Crippen molar-refractivity contribution in [2.75, 3.05) is 19.7 Å². The molecule has 0 amide bonds. The molecule has 0 spiro atoms. The topological polar surface area (TPSA) is 48.5 Å². The Morgan fingerprint density at radius 3 is 2.85 bits per heavy atom. The van der Waals surface area contributed by atoms with Crippen LogP contribution in [0.4, 0.5) is 0 Å². The van der Waals surface area contributed by atoms with Crippen molar-refractivity contribution in [3.05, 3.63) is 64.7 Å². The maximum Gasteiger partial charge on any atom is 0.128 e. The van der Waals surface area contributed by atoms with Crippen LogP contribution in [0.1, 0.15) is 48.7 Å². The largest absolute Gasteiger partial charge is 0.490 e. The lowest BCUT2D eigenvalue weighted by molar-refractivity contribution is 0.0408. The summed E-state index contributed by atoms with van der Waals surface area (Å²) >= 11 is 1.97. The van der Waals surface area contributed by atoms with Crippen molar-refractivity contribution in [3.8, 4) is 5.75 Å². The van der Waals surface area contributed by atoms with Crippen molar-refractivity contribution in [3.63, 3.8) is 0 Å². The van der Waals surface area contributed by atoms with E-state index in [1.165, 1.54) is 20.5 Å². The van der Waals surface area contributed by atoms with Gasteiger partial charge < -0.3 is 14.8 Å². The number of ether oxygens (including phenoxy) is 1. The average molecular weight is 463 g/mol. The molecule has 1 aliphatic rings. The molecule has 5 heteroatoms. The van der Waals surface area contributed by atoms with Gasteiger partial charge in [-0.05, 0) is 86.9 Å². The molecule has 2 N–H and O–H groups in total. The average Bonchev–Trinajstić information content (AvgIpc) is 3.41. The van der Waals surface area contributed by atoms with Gasteiger partial charge in [-0.3, -0.25) is 4.90 Å². The number of H-pyrrole nitrogens is 1. The van der Waals surface area contributed by atoms with Crippen molar-refractivity contribution in [1.29, 1.82) is 0 Å². The predicted octanol–water partition coefficient (Wildman–Crippen LogP) is 6.26. The number of aliphatic hydroxyl groups is 1. The molecule has 1 fully saturated rings. The fraction of sp³-hybridized carbons (Fsp3) is 0.429. The SMILES string of the molecule is CCc1cccc2sc([C@H]3CCN(C[C@H](O)COc4cccc5[nH]c(C)cc45)[C@H](C)C3)cc12. The number of aromatic nitrogens is 1. The zero-order valence-electron chi connectivity index (χ0n) is 19.8. The van der Waals surface area contributed by atoms with E-state index < -0.39 is 6.10 Å². The highest BCUT2D eigenvalue weighted by Gasteiger charge is 2.29. The number of hydrogen-bond donors (Lipinski definition) is 2. The fourth-order valence-corrected chi connectivity index (χ4v) is 6.56. The summed E-state index contributed by atoms with van der Waals surface area (Å²) in [7, 11) is 0. The van der Waals surface area contributed by atoms with Gasteiger partial charge in [0.25, 0.3) is 0 Å². The lowest BCUT2D eigenvalue weighted by Crippen LogP contribution is -2.45. The zero-order chi connectivity index (χ0) is 22.9. The lowest BCUT2D eigenvalue weighted by atomic mass is 9.89. The van der Waals surface area contributed by atoms with Crippen molar-refractivity contribution in [2.24, 2.45) is 0 Å². The number of aryl methyl sites for hydroxylation is 2. The smallest absolute Gasteiger partial charge is 0.128 e. The molecule has 3 atom stereocenters. The number of thiophene rings is 1. The van der Waals surface area contributed by atoms with Gasteiger partial charge in [-0.15, -0.1) is 11.3 Å². The van der Waals surface area contributed by atoms with Gasteiger partial charge in [-0.25, -0.2) is 0 Å². The second-order valence-electron chi connectivity index (χ2n) is 9.53. The second-order valence-corrected chi connectivity index (χ2v) is 10.6. The Bertz CT molecular complexity index is 1240. The number of fused-ring (bicyclic) bond motifs is 2. The molecule has 0 aliphatic carbocycles. The van der Waals surface area contributed by atoms with Gasteiger partial charge in [0.15, 0.2) is 0 Å². The number of benzene rings is 2. The van der Waals surface area contributed by atoms with Crippen LogP contribution < -0.4 is 4.74 Å². The summed E-state index contributed by atoms with van der Waals surface area (Å²) in [6, 6.07) is 17.7. The van der Waals surface area contributed by atoms with E-state index in [0.29, 0.717) is 25.1 Å². The molecule has 0 radical (unpaired) electrons. The van der Waals surface area contributed by atoms with E-state index in [9.17, 15) is 5.11 Å². The number of nitrogens with one attached hydrogen (secondary N) is 1. The minimum Gasteiger partial charge on any atom is -0.490 e. The first-order valence-electron chi connectivity index (χ1n) is 12.2. The molecule has 1 saturated heterocycles. The predicted molar refractivity (Wildman–Crippen MR) is 139 cm³/mol. The minimum absolute atomic E-state index is 0.312. The normalized spacial score (nSPS) is 20.5. The first kappa shape index (κ1) is 22.5. The Labute approximate surface area is 200 Å². The van der Waals surface area contributed by atoms with Crippen LogP contribution in [0.3, 0.4) is 0 Å². The molecule has 0 bridgehead atoms. The molecule has 4 nitrogen and oxygen atoms in total. The fourth-order valence-electron chi connectivity index (χ4n) is 5.30. The third-order valence-electron chi connectivity index (χ3n) is 7.10. The van der Waals surface area contributed by atoms with E-state index >= 15 is 0 Å². The number of rotatable bonds is 7. The molecule has 174 valence electrons. The Kier molecular flexibility index (Phi) is 6.46. The van der Waals surface area contributed by atoms with Crippen molar-refractivity contribution in [1.82, 2.24) is 9.88 Å². The van der Waals surface area contributed by atoms with Crippen molar-refractivity contribution >= 4 is 32.3 Å². The Balaban J connectivity index is 1.18. The van der Waals surface area contributed by atoms with E-state index in [1.807, 2.05) is 30.4 Å². The van der Waals surface area contributed by atoms with E-state index in [4.69, 9.17) is 4.74 Å². The van der Waals surface area contributed by atoms with Gasteiger partial charge in [-0.1, -0.05) is 25.1 Å². The second kappa shape index (κ2) is 9.49. The van der Waals surface area contributed by atoms with Crippen LogP contribution in [0.2, 0.25) is 0 Å². The maximum atomic E-state index is 10.7. The molecule has 3 heterocycles. The van der Waals surface area contributed by atoms with Crippen LogP contribution in [0.25, 0.3) is 21.0 Å². The summed E-state index contributed by atoms with van der Waals surface area (Å²) < 4.78 is 7.44. The third-order valence-corrected chi connectivity index (χ3v) is 8.37. The van der Waals surface area contributed by atoms with Gasteiger partial charge in [0.1, 0.15) is 18.5 Å². The number of likely N-dealkylation sites (tertiary alicyclic amines) is 1. The number of aromatic amines is 1. The zero-order valence-corrected chi connectivity index (χ0v) is 20.6. The summed E-state index contributed by atoms with van der Waals surface area (Å²) in [4.78, 5) is 7.29. The van der Waals surface area contributed by atoms with Crippen molar-refractivity contribution in [2.45, 2.75) is 58.1 Å². The molecule has 0 saturated carbocycles. The van der Waals surface area contributed by atoms with E-state index in [0.717, 1.165) is 48.2 Å². The number of β-amino-alcohol motifs (C(OH)–C–C–N with tert-alkyl or cyclic N) is 1. The summed E-state index contributed by atoms with van der Waals surface area (Å²) in [6.45, 7) is 8.57. The van der Waals surface area contributed by atoms with Crippen LogP contribution in [0, 0.1) is 6.92 Å². The Morgan fingerprint density at radius 2 is 2.03 bits per heavy atom.